The number of aromatic nitrogens is 3. The fourth-order valence-electron chi connectivity index (χ4n) is 3.49. The lowest BCUT2D eigenvalue weighted by Gasteiger charge is -2.16. The molecule has 0 aliphatic carbocycles. The van der Waals surface area contributed by atoms with Gasteiger partial charge in [-0.3, -0.25) is 9.78 Å². The number of rotatable bonds is 3. The molecule has 1 aliphatic heterocycles. The highest BCUT2D eigenvalue weighted by Crippen LogP contribution is 2.24. The van der Waals surface area contributed by atoms with Crippen molar-refractivity contribution >= 4 is 16.9 Å². The molecule has 1 aromatic carbocycles. The smallest absolute Gasteiger partial charge is 0.254 e. The largest absolute Gasteiger partial charge is 0.391 e. The van der Waals surface area contributed by atoms with Crippen LogP contribution in [-0.4, -0.2) is 49.6 Å². The number of hydrogen-bond donors (Lipinski definition) is 1. The molecule has 25 heavy (non-hydrogen) atoms. The molecule has 2 aromatic heterocycles. The molecule has 128 valence electrons. The number of fused-ring (bicyclic) bond motifs is 1. The van der Waals surface area contributed by atoms with Gasteiger partial charge in [0.25, 0.3) is 5.91 Å². The summed E-state index contributed by atoms with van der Waals surface area (Å²) in [5.41, 5.74) is 3.54. The number of amides is 1. The van der Waals surface area contributed by atoms with Crippen molar-refractivity contribution in [1.29, 1.82) is 0 Å². The summed E-state index contributed by atoms with van der Waals surface area (Å²) in [4.78, 5) is 22.9. The molecule has 1 fully saturated rings. The van der Waals surface area contributed by atoms with Gasteiger partial charge in [-0.25, -0.2) is 4.98 Å². The molecule has 0 bridgehead atoms. The van der Waals surface area contributed by atoms with Gasteiger partial charge in [0, 0.05) is 44.0 Å². The van der Waals surface area contributed by atoms with E-state index in [-0.39, 0.29) is 11.8 Å². The second-order valence-electron chi connectivity index (χ2n) is 6.66. The fraction of sp³-hybridized carbons (Fsp3) is 0.316. The highest BCUT2D eigenvalue weighted by atomic mass is 16.3. The van der Waals surface area contributed by atoms with Crippen molar-refractivity contribution in [2.45, 2.75) is 12.5 Å². The molecule has 1 amide bonds. The van der Waals surface area contributed by atoms with Crippen LogP contribution in [0.1, 0.15) is 15.9 Å². The summed E-state index contributed by atoms with van der Waals surface area (Å²) in [6, 6.07) is 9.46. The van der Waals surface area contributed by atoms with Gasteiger partial charge in [0.1, 0.15) is 0 Å². The summed E-state index contributed by atoms with van der Waals surface area (Å²) in [6.07, 6.45) is 5.48. The molecule has 3 heterocycles. The Kier molecular flexibility index (Phi) is 3.97. The predicted molar refractivity (Wildman–Crippen MR) is 94.1 cm³/mol. The molecule has 1 aliphatic rings. The number of benzene rings is 1. The lowest BCUT2D eigenvalue weighted by atomic mass is 9.97. The van der Waals surface area contributed by atoms with E-state index in [0.29, 0.717) is 18.7 Å². The quantitative estimate of drug-likeness (QED) is 0.789. The van der Waals surface area contributed by atoms with Crippen molar-refractivity contribution < 1.29 is 9.90 Å². The van der Waals surface area contributed by atoms with Crippen LogP contribution in [0.5, 0.6) is 0 Å². The summed E-state index contributed by atoms with van der Waals surface area (Å²) in [5.74, 6) is -0.00578. The average Bonchev–Trinajstić information content (AvgIpc) is 3.18. The first-order valence-electron chi connectivity index (χ1n) is 8.39. The highest BCUT2D eigenvalue weighted by Gasteiger charge is 2.34. The third kappa shape index (κ3) is 3.00. The number of carbonyl (C=O) groups is 1. The van der Waals surface area contributed by atoms with Gasteiger partial charge in [0.05, 0.1) is 23.5 Å². The maximum Gasteiger partial charge on any atom is 0.254 e. The first kappa shape index (κ1) is 15.8. The molecule has 4 rings (SSSR count). The maximum absolute atomic E-state index is 12.8. The second-order valence-corrected chi connectivity index (χ2v) is 6.66. The molecule has 6 heteroatoms. The monoisotopic (exact) mass is 336 g/mol. The van der Waals surface area contributed by atoms with E-state index in [1.54, 1.807) is 23.6 Å². The van der Waals surface area contributed by atoms with Crippen LogP contribution in [0.25, 0.3) is 11.0 Å². The summed E-state index contributed by atoms with van der Waals surface area (Å²) >= 11 is 0. The molecule has 2 atom stereocenters. The molecular formula is C19H20N4O2. The number of pyridine rings is 1. The standard InChI is InChI=1S/C19H20N4O2/c1-22-12-21-16-9-14(2-3-17(16)22)19(25)23-10-15(18(24)11-23)8-13-4-6-20-7-5-13/h2-7,9,12,15,18,24H,8,10-11H2,1H3/t15-,18-/m1/s1. The summed E-state index contributed by atoms with van der Waals surface area (Å²) < 4.78 is 1.92. The fourth-order valence-corrected chi connectivity index (χ4v) is 3.49. The van der Waals surface area contributed by atoms with Crippen molar-refractivity contribution in [3.63, 3.8) is 0 Å². The number of aliphatic hydroxyl groups is 1. The molecule has 1 N–H and O–H groups in total. The van der Waals surface area contributed by atoms with Crippen LogP contribution in [0.4, 0.5) is 0 Å². The van der Waals surface area contributed by atoms with Crippen LogP contribution >= 0.6 is 0 Å². The van der Waals surface area contributed by atoms with Gasteiger partial charge in [0.15, 0.2) is 0 Å². The second kappa shape index (κ2) is 6.29. The maximum atomic E-state index is 12.8. The van der Waals surface area contributed by atoms with Crippen molar-refractivity contribution in [1.82, 2.24) is 19.4 Å². The van der Waals surface area contributed by atoms with E-state index in [4.69, 9.17) is 0 Å². The van der Waals surface area contributed by atoms with Gasteiger partial charge in [-0.15, -0.1) is 0 Å². The molecule has 6 nitrogen and oxygen atoms in total. The van der Waals surface area contributed by atoms with Gasteiger partial charge >= 0.3 is 0 Å². The zero-order valence-electron chi connectivity index (χ0n) is 14.0. The normalized spacial score (nSPS) is 20.3. The molecule has 0 radical (unpaired) electrons. The molecule has 0 unspecified atom stereocenters. The Morgan fingerprint density at radius 2 is 2.04 bits per heavy atom. The minimum atomic E-state index is -0.504. The number of nitrogens with zero attached hydrogens (tertiary/aromatic N) is 4. The Balaban J connectivity index is 1.50. The lowest BCUT2D eigenvalue weighted by Crippen LogP contribution is -2.29. The van der Waals surface area contributed by atoms with Crippen LogP contribution in [0.2, 0.25) is 0 Å². The van der Waals surface area contributed by atoms with E-state index < -0.39 is 6.10 Å². The molecule has 0 saturated carbocycles. The Hall–Kier alpha value is -2.73. The van der Waals surface area contributed by atoms with Crippen molar-refractivity contribution in [2.75, 3.05) is 13.1 Å². The molecular weight excluding hydrogens is 316 g/mol. The van der Waals surface area contributed by atoms with E-state index in [2.05, 4.69) is 9.97 Å². The Labute approximate surface area is 145 Å². The van der Waals surface area contributed by atoms with Gasteiger partial charge < -0.3 is 14.6 Å². The lowest BCUT2D eigenvalue weighted by molar-refractivity contribution is 0.0765. The summed E-state index contributed by atoms with van der Waals surface area (Å²) in [6.45, 7) is 0.928. The van der Waals surface area contributed by atoms with Gasteiger partial charge in [-0.2, -0.15) is 0 Å². The van der Waals surface area contributed by atoms with Crippen LogP contribution in [0.3, 0.4) is 0 Å². The SMILES string of the molecule is Cn1cnc2cc(C(=O)N3C[C@@H](Cc4ccncc4)[C@H](O)C3)ccc21. The topological polar surface area (TPSA) is 71.2 Å². The number of carbonyl (C=O) groups excluding carboxylic acids is 1. The Morgan fingerprint density at radius 3 is 2.84 bits per heavy atom. The molecule has 0 spiro atoms. The third-order valence-corrected chi connectivity index (χ3v) is 4.91. The zero-order chi connectivity index (χ0) is 17.4. The number of likely N-dealkylation sites (tertiary alicyclic amines) is 1. The minimum absolute atomic E-state index is 0.0462. The number of imidazole rings is 1. The van der Waals surface area contributed by atoms with E-state index >= 15 is 0 Å². The van der Waals surface area contributed by atoms with Crippen LogP contribution in [0, 0.1) is 5.92 Å². The average molecular weight is 336 g/mol. The van der Waals surface area contributed by atoms with Gasteiger partial charge in [-0.1, -0.05) is 0 Å². The number of β-amino-alcohol motifs (C(OH)–C–C–N with tert-alkyl or cyclic N) is 1. The predicted octanol–water partition coefficient (Wildman–Crippen LogP) is 1.64. The number of aryl methyl sites for hydroxylation is 1. The first-order valence-corrected chi connectivity index (χ1v) is 8.39. The highest BCUT2D eigenvalue weighted by molar-refractivity contribution is 5.97. The summed E-state index contributed by atoms with van der Waals surface area (Å²) in [7, 11) is 1.93. The van der Waals surface area contributed by atoms with E-state index in [1.165, 1.54) is 0 Å². The minimum Gasteiger partial charge on any atom is -0.391 e. The van der Waals surface area contributed by atoms with Crippen LogP contribution < -0.4 is 0 Å². The van der Waals surface area contributed by atoms with Gasteiger partial charge in [-0.05, 0) is 42.3 Å². The van der Waals surface area contributed by atoms with Crippen LogP contribution in [0.15, 0.2) is 49.1 Å². The van der Waals surface area contributed by atoms with Crippen LogP contribution in [-0.2, 0) is 13.5 Å². The van der Waals surface area contributed by atoms with Crippen molar-refractivity contribution in [3.8, 4) is 0 Å². The van der Waals surface area contributed by atoms with Gasteiger partial charge in [0.2, 0.25) is 0 Å². The zero-order valence-corrected chi connectivity index (χ0v) is 14.0. The molecule has 1 saturated heterocycles. The Bertz CT molecular complexity index is 906. The van der Waals surface area contributed by atoms with E-state index in [0.717, 1.165) is 23.0 Å². The molecule has 3 aromatic rings. The Morgan fingerprint density at radius 1 is 1.24 bits per heavy atom. The number of aliphatic hydroxyl groups excluding tert-OH is 1. The van der Waals surface area contributed by atoms with Crippen molar-refractivity contribution in [3.05, 3.63) is 60.2 Å². The van der Waals surface area contributed by atoms with E-state index in [9.17, 15) is 9.90 Å². The van der Waals surface area contributed by atoms with Crippen molar-refractivity contribution in [2.24, 2.45) is 13.0 Å². The van der Waals surface area contributed by atoms with E-state index in [1.807, 2.05) is 41.9 Å². The summed E-state index contributed by atoms with van der Waals surface area (Å²) in [5, 5.41) is 10.4. The first-order chi connectivity index (χ1) is 12.1. The third-order valence-electron chi connectivity index (χ3n) is 4.91. The number of hydrogen-bond acceptors (Lipinski definition) is 4.